The highest BCUT2D eigenvalue weighted by atomic mass is 16.6. The Morgan fingerprint density at radius 2 is 2.62 bits per heavy atom. The quantitative estimate of drug-likeness (QED) is 0.372. The zero-order valence-electron chi connectivity index (χ0n) is 4.13. The van der Waals surface area contributed by atoms with Crippen LogP contribution in [-0.2, 0) is 0 Å². The highest BCUT2D eigenvalue weighted by Crippen LogP contribution is 2.06. The second-order valence-electron chi connectivity index (χ2n) is 1.43. The molecule has 3 heteroatoms. The van der Waals surface area contributed by atoms with Crippen molar-refractivity contribution in [1.82, 2.24) is 0 Å². The molecule has 0 amide bonds. The predicted octanol–water partition coefficient (Wildman–Crippen LogP) is 0.910. The summed E-state index contributed by atoms with van der Waals surface area (Å²) in [5.74, 6) is 0. The van der Waals surface area contributed by atoms with Crippen LogP contribution in [0.3, 0.4) is 0 Å². The normalized spacial score (nSPS) is 16.2. The molecule has 0 atom stereocenters. The molecule has 0 saturated heterocycles. The Hall–Kier alpha value is -1.12. The van der Waals surface area contributed by atoms with Gasteiger partial charge in [0, 0.05) is 12.2 Å². The molecule has 0 aromatic carbocycles. The molecule has 0 saturated carbocycles. The van der Waals surface area contributed by atoms with Crippen LogP contribution in [-0.4, -0.2) is 4.92 Å². The van der Waals surface area contributed by atoms with Crippen LogP contribution < -0.4 is 0 Å². The molecule has 1 aliphatic rings. The van der Waals surface area contributed by atoms with Gasteiger partial charge in [0.1, 0.15) is 0 Å². The van der Waals surface area contributed by atoms with Crippen LogP contribution in [0.25, 0.3) is 0 Å². The number of rotatable bonds is 1. The Morgan fingerprint density at radius 3 is 2.88 bits per heavy atom. The van der Waals surface area contributed by atoms with Crippen molar-refractivity contribution in [3.8, 4) is 0 Å². The van der Waals surface area contributed by atoms with E-state index in [4.69, 9.17) is 0 Å². The third-order valence-electron chi connectivity index (χ3n) is 0.873. The third-order valence-corrected chi connectivity index (χ3v) is 0.873. The van der Waals surface area contributed by atoms with Gasteiger partial charge >= 0.3 is 0 Å². The molecule has 1 aliphatic carbocycles. The number of allylic oxidation sites excluding steroid dienone is 3. The molecule has 0 N–H and O–H groups in total. The lowest BCUT2D eigenvalue weighted by atomic mass is 10.5. The zero-order chi connectivity index (χ0) is 5.98. The summed E-state index contributed by atoms with van der Waals surface area (Å²) < 4.78 is 0. The van der Waals surface area contributed by atoms with Crippen molar-refractivity contribution >= 4 is 0 Å². The van der Waals surface area contributed by atoms with Crippen molar-refractivity contribution < 1.29 is 4.92 Å². The van der Waals surface area contributed by atoms with Gasteiger partial charge in [0.15, 0.2) is 0 Å². The minimum Gasteiger partial charge on any atom is -0.258 e. The summed E-state index contributed by atoms with van der Waals surface area (Å²) in [7, 11) is 0. The van der Waals surface area contributed by atoms with Crippen LogP contribution in [0.15, 0.2) is 17.8 Å². The Kier molecular flexibility index (Phi) is 1.12. The molecule has 0 aromatic heterocycles. The third kappa shape index (κ3) is 0.753. The SMILES string of the molecule is O=[N+]([O-])C1=[C]CC=C1. The first-order chi connectivity index (χ1) is 3.80. The van der Waals surface area contributed by atoms with E-state index < -0.39 is 4.92 Å². The molecule has 0 bridgehead atoms. The summed E-state index contributed by atoms with van der Waals surface area (Å²) in [5, 5.41) is 9.86. The van der Waals surface area contributed by atoms with E-state index in [0.29, 0.717) is 6.42 Å². The molecule has 0 unspecified atom stereocenters. The molecule has 0 aliphatic heterocycles. The Bertz CT molecular complexity index is 169. The number of hydrogen-bond donors (Lipinski definition) is 0. The largest absolute Gasteiger partial charge is 0.273 e. The lowest BCUT2D eigenvalue weighted by molar-refractivity contribution is -0.419. The lowest BCUT2D eigenvalue weighted by Crippen LogP contribution is -1.91. The fourth-order valence-corrected chi connectivity index (χ4v) is 0.518. The van der Waals surface area contributed by atoms with Crippen molar-refractivity contribution in [2.45, 2.75) is 6.42 Å². The molecular formula is C5H4NO2. The molecule has 0 aromatic rings. The van der Waals surface area contributed by atoms with Gasteiger partial charge in [-0.3, -0.25) is 10.1 Å². The number of nitro groups is 1. The second-order valence-corrected chi connectivity index (χ2v) is 1.43. The van der Waals surface area contributed by atoms with Crippen molar-refractivity contribution in [1.29, 1.82) is 0 Å². The fraction of sp³-hybridized carbons (Fsp3) is 0.200. The summed E-state index contributed by atoms with van der Waals surface area (Å²) in [5.41, 5.74) is 0.0880. The predicted molar refractivity (Wildman–Crippen MR) is 27.5 cm³/mol. The molecule has 0 fully saturated rings. The zero-order valence-corrected chi connectivity index (χ0v) is 4.13. The van der Waals surface area contributed by atoms with Gasteiger partial charge in [-0.05, 0) is 6.42 Å². The molecule has 0 heterocycles. The van der Waals surface area contributed by atoms with Crippen LogP contribution in [0, 0.1) is 16.2 Å². The Labute approximate surface area is 46.5 Å². The monoisotopic (exact) mass is 110 g/mol. The van der Waals surface area contributed by atoms with Gasteiger partial charge in [-0.1, -0.05) is 6.08 Å². The van der Waals surface area contributed by atoms with Crippen molar-refractivity contribution in [2.75, 3.05) is 0 Å². The van der Waals surface area contributed by atoms with E-state index in [-0.39, 0.29) is 5.70 Å². The topological polar surface area (TPSA) is 43.1 Å². The summed E-state index contributed by atoms with van der Waals surface area (Å²) >= 11 is 0. The van der Waals surface area contributed by atoms with Gasteiger partial charge in [0.2, 0.25) is 0 Å². The molecule has 1 radical (unpaired) electrons. The molecule has 8 heavy (non-hydrogen) atoms. The first-order valence-electron chi connectivity index (χ1n) is 2.22. The van der Waals surface area contributed by atoms with E-state index >= 15 is 0 Å². The molecule has 41 valence electrons. The first kappa shape index (κ1) is 5.03. The van der Waals surface area contributed by atoms with Gasteiger partial charge < -0.3 is 0 Å². The first-order valence-corrected chi connectivity index (χ1v) is 2.22. The molecule has 1 rings (SSSR count). The summed E-state index contributed by atoms with van der Waals surface area (Å²) in [6.07, 6.45) is 6.31. The van der Waals surface area contributed by atoms with Crippen LogP contribution in [0.1, 0.15) is 6.42 Å². The van der Waals surface area contributed by atoms with Crippen LogP contribution in [0.4, 0.5) is 0 Å². The number of hydrogen-bond acceptors (Lipinski definition) is 2. The average molecular weight is 110 g/mol. The Balaban J connectivity index is 2.72. The maximum Gasteiger partial charge on any atom is 0.273 e. The fourth-order valence-electron chi connectivity index (χ4n) is 0.518. The molecular weight excluding hydrogens is 106 g/mol. The van der Waals surface area contributed by atoms with Crippen LogP contribution >= 0.6 is 0 Å². The van der Waals surface area contributed by atoms with E-state index in [2.05, 4.69) is 6.08 Å². The van der Waals surface area contributed by atoms with Gasteiger partial charge in [0.05, 0.1) is 4.92 Å². The molecule has 3 nitrogen and oxygen atoms in total. The van der Waals surface area contributed by atoms with E-state index in [1.807, 2.05) is 0 Å². The average Bonchev–Trinajstić information content (AvgIpc) is 2.12. The van der Waals surface area contributed by atoms with Gasteiger partial charge in [0.25, 0.3) is 5.70 Å². The van der Waals surface area contributed by atoms with Gasteiger partial charge in [-0.15, -0.1) is 0 Å². The highest BCUT2D eigenvalue weighted by molar-refractivity contribution is 5.14. The molecule has 0 spiro atoms. The minimum atomic E-state index is -0.441. The van der Waals surface area contributed by atoms with Crippen LogP contribution in [0.2, 0.25) is 0 Å². The summed E-state index contributed by atoms with van der Waals surface area (Å²) in [6.45, 7) is 0. The summed E-state index contributed by atoms with van der Waals surface area (Å²) in [6, 6.07) is 0. The maximum atomic E-state index is 9.86. The van der Waals surface area contributed by atoms with Crippen molar-refractivity contribution in [3.05, 3.63) is 34.0 Å². The lowest BCUT2D eigenvalue weighted by Gasteiger charge is -1.80. The summed E-state index contributed by atoms with van der Waals surface area (Å²) in [4.78, 5) is 9.42. The van der Waals surface area contributed by atoms with Gasteiger partial charge in [-0.2, -0.15) is 0 Å². The van der Waals surface area contributed by atoms with E-state index in [9.17, 15) is 10.1 Å². The number of nitrogens with zero attached hydrogens (tertiary/aromatic N) is 1. The van der Waals surface area contributed by atoms with E-state index in [1.54, 1.807) is 6.08 Å². The second kappa shape index (κ2) is 1.78. The van der Waals surface area contributed by atoms with E-state index in [0.717, 1.165) is 0 Å². The standard InChI is InChI=1S/C5H4NO2/c7-6(8)5-3-1-2-4-5/h1,3H,2H2. The smallest absolute Gasteiger partial charge is 0.258 e. The van der Waals surface area contributed by atoms with Crippen molar-refractivity contribution in [3.63, 3.8) is 0 Å². The Morgan fingerprint density at radius 1 is 1.88 bits per heavy atom. The van der Waals surface area contributed by atoms with E-state index in [1.165, 1.54) is 6.08 Å². The minimum absolute atomic E-state index is 0.0880. The van der Waals surface area contributed by atoms with Gasteiger partial charge in [-0.25, -0.2) is 0 Å². The van der Waals surface area contributed by atoms with Crippen LogP contribution in [0.5, 0.6) is 0 Å². The highest BCUT2D eigenvalue weighted by Gasteiger charge is 2.07. The van der Waals surface area contributed by atoms with Crippen molar-refractivity contribution in [2.24, 2.45) is 0 Å². The maximum absolute atomic E-state index is 9.86.